The van der Waals surface area contributed by atoms with Crippen LogP contribution in [0.4, 0.5) is 0 Å². The molecule has 0 aliphatic heterocycles. The average Bonchev–Trinajstić information content (AvgIpc) is 2.68. The summed E-state index contributed by atoms with van der Waals surface area (Å²) in [5, 5.41) is 10.9. The third-order valence-corrected chi connectivity index (χ3v) is 12.2. The minimum absolute atomic E-state index is 0.0504. The Balaban J connectivity index is 1.60. The van der Waals surface area contributed by atoms with Crippen molar-refractivity contribution in [2.24, 2.45) is 45.3 Å². The summed E-state index contributed by atoms with van der Waals surface area (Å²) in [4.78, 5) is 0. The monoisotopic (exact) mass is 410 g/mol. The molecule has 0 bridgehead atoms. The first-order chi connectivity index (χ1) is 14.0. The summed E-state index contributed by atoms with van der Waals surface area (Å²) in [6.07, 6.45) is 14.2. The number of hydrogen-bond donors (Lipinski definition) is 1. The molecule has 0 saturated heterocycles. The van der Waals surface area contributed by atoms with Crippen molar-refractivity contribution in [2.75, 3.05) is 0 Å². The molecule has 5 aliphatic carbocycles. The number of rotatable bonds is 0. The summed E-state index contributed by atoms with van der Waals surface area (Å²) < 4.78 is 0. The zero-order valence-corrected chi connectivity index (χ0v) is 20.8. The minimum atomic E-state index is -0.128. The predicted octanol–water partition coefficient (Wildman–Crippen LogP) is 7.70. The lowest BCUT2D eigenvalue weighted by Gasteiger charge is -2.69. The van der Waals surface area contributed by atoms with E-state index in [9.17, 15) is 5.11 Å². The van der Waals surface area contributed by atoms with Crippen LogP contribution in [0.15, 0.2) is 22.8 Å². The van der Waals surface area contributed by atoms with Crippen molar-refractivity contribution in [3.63, 3.8) is 0 Å². The van der Waals surface area contributed by atoms with E-state index in [-0.39, 0.29) is 11.5 Å². The van der Waals surface area contributed by atoms with Gasteiger partial charge < -0.3 is 5.11 Å². The van der Waals surface area contributed by atoms with Crippen LogP contribution in [0, 0.1) is 45.3 Å². The van der Waals surface area contributed by atoms with Crippen LogP contribution in [0.3, 0.4) is 0 Å². The highest BCUT2D eigenvalue weighted by atomic mass is 16.3. The Morgan fingerprint density at radius 3 is 2.33 bits per heavy atom. The Labute approximate surface area is 185 Å². The van der Waals surface area contributed by atoms with Crippen LogP contribution >= 0.6 is 0 Å². The third kappa shape index (κ3) is 2.45. The van der Waals surface area contributed by atoms with E-state index >= 15 is 0 Å². The normalized spacial score (nSPS) is 52.5. The van der Waals surface area contributed by atoms with Crippen molar-refractivity contribution in [1.82, 2.24) is 0 Å². The quantitative estimate of drug-likeness (QED) is 0.434. The number of fused-ring (bicyclic) bond motifs is 6. The molecule has 3 unspecified atom stereocenters. The van der Waals surface area contributed by atoms with Crippen molar-refractivity contribution in [3.05, 3.63) is 22.8 Å². The second-order valence-corrected chi connectivity index (χ2v) is 13.5. The van der Waals surface area contributed by atoms with Crippen molar-refractivity contribution < 1.29 is 5.11 Å². The highest BCUT2D eigenvalue weighted by Crippen LogP contribution is 2.73. The van der Waals surface area contributed by atoms with Gasteiger partial charge in [0.05, 0.1) is 6.10 Å². The van der Waals surface area contributed by atoms with Crippen LogP contribution in [0.25, 0.3) is 0 Å². The molecule has 1 heteroatoms. The van der Waals surface area contributed by atoms with Gasteiger partial charge in [0.1, 0.15) is 0 Å². The fourth-order valence-electron chi connectivity index (χ4n) is 9.82. The molecule has 0 amide bonds. The summed E-state index contributed by atoms with van der Waals surface area (Å²) >= 11 is 0. The molecular formula is C29H46O. The Hall–Kier alpha value is -0.560. The Morgan fingerprint density at radius 2 is 1.60 bits per heavy atom. The summed E-state index contributed by atoms with van der Waals surface area (Å²) in [6.45, 7) is 17.7. The van der Waals surface area contributed by atoms with E-state index in [0.717, 1.165) is 24.2 Å². The molecule has 8 atom stereocenters. The second-order valence-electron chi connectivity index (χ2n) is 13.5. The van der Waals surface area contributed by atoms with Gasteiger partial charge in [-0.05, 0) is 114 Å². The van der Waals surface area contributed by atoms with Gasteiger partial charge in [0.25, 0.3) is 0 Å². The van der Waals surface area contributed by atoms with Gasteiger partial charge in [0.2, 0.25) is 0 Å². The zero-order valence-electron chi connectivity index (χ0n) is 20.8. The molecule has 0 aromatic rings. The van der Waals surface area contributed by atoms with Gasteiger partial charge in [0.15, 0.2) is 0 Å². The number of aliphatic hydroxyl groups is 1. The van der Waals surface area contributed by atoms with Gasteiger partial charge >= 0.3 is 0 Å². The molecular weight excluding hydrogens is 364 g/mol. The minimum Gasteiger partial charge on any atom is -0.393 e. The highest BCUT2D eigenvalue weighted by molar-refractivity contribution is 5.49. The van der Waals surface area contributed by atoms with E-state index < -0.39 is 0 Å². The topological polar surface area (TPSA) is 20.2 Å². The van der Waals surface area contributed by atoms with Crippen LogP contribution in [0.2, 0.25) is 0 Å². The fraction of sp³-hybridized carbons (Fsp3) is 0.862. The molecule has 1 nitrogen and oxygen atoms in total. The van der Waals surface area contributed by atoms with Gasteiger partial charge in [0, 0.05) is 0 Å². The van der Waals surface area contributed by atoms with Gasteiger partial charge in [-0.2, -0.15) is 0 Å². The maximum absolute atomic E-state index is 10.9. The van der Waals surface area contributed by atoms with Crippen molar-refractivity contribution in [3.8, 4) is 0 Å². The van der Waals surface area contributed by atoms with Crippen LogP contribution in [-0.2, 0) is 0 Å². The lowest BCUT2D eigenvalue weighted by Crippen LogP contribution is -2.63. The van der Waals surface area contributed by atoms with E-state index in [1.165, 1.54) is 51.4 Å². The van der Waals surface area contributed by atoms with E-state index in [1.807, 2.05) is 5.57 Å². The fourth-order valence-corrected chi connectivity index (χ4v) is 9.82. The predicted molar refractivity (Wildman–Crippen MR) is 126 cm³/mol. The molecule has 0 aromatic heterocycles. The molecule has 30 heavy (non-hydrogen) atoms. The third-order valence-electron chi connectivity index (χ3n) is 12.2. The van der Waals surface area contributed by atoms with E-state index in [4.69, 9.17) is 0 Å². The van der Waals surface area contributed by atoms with Gasteiger partial charge in [-0.15, -0.1) is 0 Å². The molecule has 2 saturated carbocycles. The lowest BCUT2D eigenvalue weighted by atomic mass is 9.35. The van der Waals surface area contributed by atoms with E-state index in [2.05, 4.69) is 54.5 Å². The van der Waals surface area contributed by atoms with Crippen LogP contribution < -0.4 is 0 Å². The molecule has 0 aromatic carbocycles. The maximum atomic E-state index is 10.9. The maximum Gasteiger partial charge on any atom is 0.0594 e. The first-order valence-corrected chi connectivity index (χ1v) is 13.1. The average molecular weight is 411 g/mol. The van der Waals surface area contributed by atoms with Crippen LogP contribution in [0.5, 0.6) is 0 Å². The molecule has 5 aliphatic rings. The van der Waals surface area contributed by atoms with Gasteiger partial charge in [-0.1, -0.05) is 60.1 Å². The Bertz CT molecular complexity index is 801. The van der Waals surface area contributed by atoms with Crippen molar-refractivity contribution in [2.45, 2.75) is 112 Å². The smallest absolute Gasteiger partial charge is 0.0594 e. The SMILES string of the molecule is C[C@@H]1CCC2=C(C3=CCC4C5(C)CC[C@H](O)C(C)(C)C5CC[C@@]4(C)[C@]3(C)CC2)[C@H]1C. The van der Waals surface area contributed by atoms with Gasteiger partial charge in [-0.3, -0.25) is 0 Å². The van der Waals surface area contributed by atoms with Crippen LogP contribution in [-0.4, -0.2) is 11.2 Å². The summed E-state index contributed by atoms with van der Waals surface area (Å²) in [7, 11) is 0. The highest BCUT2D eigenvalue weighted by Gasteiger charge is 2.66. The molecule has 1 N–H and O–H groups in total. The molecule has 168 valence electrons. The summed E-state index contributed by atoms with van der Waals surface area (Å²) in [5.74, 6) is 2.96. The standard InChI is InChI=1S/C29H46O/c1-18-8-9-20-12-16-28(6)21(25(20)19(18)2)10-11-23-27(5)15-14-24(30)26(3,4)22(27)13-17-29(23,28)7/h10,18-19,22-24,30H,8-9,11-17H2,1-7H3/t18-,19+,22?,23?,24+,27?,28-,29-/m1/s1. The number of allylic oxidation sites excluding steroid dienone is 4. The number of hydrogen-bond acceptors (Lipinski definition) is 1. The summed E-state index contributed by atoms with van der Waals surface area (Å²) in [5.41, 5.74) is 6.52. The van der Waals surface area contributed by atoms with Gasteiger partial charge in [-0.25, -0.2) is 0 Å². The Morgan fingerprint density at radius 1 is 0.867 bits per heavy atom. The molecule has 0 heterocycles. The second kappa shape index (κ2) is 6.49. The van der Waals surface area contributed by atoms with E-state index in [0.29, 0.717) is 22.2 Å². The van der Waals surface area contributed by atoms with Crippen molar-refractivity contribution >= 4 is 0 Å². The zero-order chi connectivity index (χ0) is 21.7. The van der Waals surface area contributed by atoms with Crippen LogP contribution in [0.1, 0.15) is 106 Å². The first kappa shape index (κ1) is 21.3. The Kier molecular flexibility index (Phi) is 4.61. The largest absolute Gasteiger partial charge is 0.393 e. The molecule has 5 rings (SSSR count). The first-order valence-electron chi connectivity index (χ1n) is 13.1. The number of aliphatic hydroxyl groups excluding tert-OH is 1. The molecule has 2 fully saturated rings. The van der Waals surface area contributed by atoms with Crippen molar-refractivity contribution in [1.29, 1.82) is 0 Å². The summed E-state index contributed by atoms with van der Waals surface area (Å²) in [6, 6.07) is 0. The molecule has 0 radical (unpaired) electrons. The lowest BCUT2D eigenvalue weighted by molar-refractivity contribution is -0.195. The molecule has 0 spiro atoms. The van der Waals surface area contributed by atoms with E-state index in [1.54, 1.807) is 11.1 Å².